The van der Waals surface area contributed by atoms with Gasteiger partial charge in [-0.15, -0.1) is 0 Å². The summed E-state index contributed by atoms with van der Waals surface area (Å²) in [6, 6.07) is 30.7. The van der Waals surface area contributed by atoms with Gasteiger partial charge in [-0.05, 0) is 60.2 Å². The van der Waals surface area contributed by atoms with Crippen molar-refractivity contribution in [1.82, 2.24) is 10.3 Å². The van der Waals surface area contributed by atoms with Crippen LogP contribution in [0, 0.1) is 17.1 Å². The topological polar surface area (TPSA) is 67.2 Å². The van der Waals surface area contributed by atoms with Gasteiger partial charge in [0.2, 0.25) is 0 Å². The van der Waals surface area contributed by atoms with Crippen molar-refractivity contribution in [3.05, 3.63) is 148 Å². The van der Waals surface area contributed by atoms with Crippen LogP contribution >= 0.6 is 11.6 Å². The zero-order chi connectivity index (χ0) is 30.5. The Morgan fingerprint density at radius 1 is 0.977 bits per heavy atom. The molecule has 0 unspecified atom stereocenters. The van der Waals surface area contributed by atoms with Gasteiger partial charge in [0.15, 0.2) is 0 Å². The second-order valence-electron chi connectivity index (χ2n) is 10.9. The van der Waals surface area contributed by atoms with Crippen molar-refractivity contribution < 1.29 is 13.9 Å². The molecule has 5 aromatic rings. The molecule has 0 saturated heterocycles. The fourth-order valence-corrected chi connectivity index (χ4v) is 5.90. The minimum Gasteiger partial charge on any atom is -0.488 e. The standard InChI is InChI=1S/C37H31ClFN3O2/c1-24(27-8-3-2-4-9-27)42-22-28-17-33(38)37(18-36(28)43-23-26-16-25(19-40)20-41-21-26)44-35-15-14-30-29(11-7-12-32(30)35)31-10-5-6-13-34(31)39/h2-13,16-18,20-21,24,35,42H,14-15,22-23H2,1H3/t24-,35+/m1/s1. The number of nitriles is 1. The van der Waals surface area contributed by atoms with E-state index in [1.54, 1.807) is 18.3 Å². The molecule has 4 aromatic carbocycles. The summed E-state index contributed by atoms with van der Waals surface area (Å²) in [5, 5.41) is 13.3. The number of benzene rings is 4. The number of fused-ring (bicyclic) bond motifs is 1. The van der Waals surface area contributed by atoms with E-state index in [1.807, 2.05) is 60.7 Å². The lowest BCUT2D eigenvalue weighted by molar-refractivity contribution is 0.206. The van der Waals surface area contributed by atoms with Gasteiger partial charge in [-0.2, -0.15) is 5.26 Å². The third-order valence-electron chi connectivity index (χ3n) is 7.98. The molecule has 1 N–H and O–H groups in total. The number of nitrogens with one attached hydrogen (secondary N) is 1. The largest absolute Gasteiger partial charge is 0.488 e. The number of pyridine rings is 1. The van der Waals surface area contributed by atoms with Gasteiger partial charge in [-0.25, -0.2) is 4.39 Å². The zero-order valence-corrected chi connectivity index (χ0v) is 25.0. The van der Waals surface area contributed by atoms with Gasteiger partial charge in [0, 0.05) is 47.7 Å². The second kappa shape index (κ2) is 13.3. The van der Waals surface area contributed by atoms with E-state index in [-0.39, 0.29) is 24.6 Å². The SMILES string of the molecule is C[C@@H](NCc1cc(Cl)c(O[C@H]2CCc3c(-c4ccccc4F)cccc32)cc1OCc1cncc(C#N)c1)c1ccccc1. The van der Waals surface area contributed by atoms with E-state index in [9.17, 15) is 9.65 Å². The van der Waals surface area contributed by atoms with Crippen LogP contribution in [-0.2, 0) is 19.6 Å². The summed E-state index contributed by atoms with van der Waals surface area (Å²) in [7, 11) is 0. The molecule has 0 bridgehead atoms. The van der Waals surface area contributed by atoms with Crippen molar-refractivity contribution in [2.24, 2.45) is 0 Å². The molecule has 1 aromatic heterocycles. The highest BCUT2D eigenvalue weighted by Crippen LogP contribution is 2.43. The lowest BCUT2D eigenvalue weighted by Crippen LogP contribution is -2.18. The third-order valence-corrected chi connectivity index (χ3v) is 8.28. The van der Waals surface area contributed by atoms with Crippen LogP contribution in [0.1, 0.15) is 58.9 Å². The fourth-order valence-electron chi connectivity index (χ4n) is 5.67. The normalized spacial score (nSPS) is 14.5. The lowest BCUT2D eigenvalue weighted by Gasteiger charge is -2.21. The molecule has 1 aliphatic rings. The quantitative estimate of drug-likeness (QED) is 0.173. The van der Waals surface area contributed by atoms with E-state index in [0.29, 0.717) is 34.2 Å². The molecule has 0 radical (unpaired) electrons. The van der Waals surface area contributed by atoms with Crippen molar-refractivity contribution in [2.45, 2.75) is 45.1 Å². The Hall–Kier alpha value is -4.70. The summed E-state index contributed by atoms with van der Waals surface area (Å²) >= 11 is 6.84. The lowest BCUT2D eigenvalue weighted by atomic mass is 9.96. The summed E-state index contributed by atoms with van der Waals surface area (Å²) in [6.07, 6.45) is 4.49. The molecule has 220 valence electrons. The van der Waals surface area contributed by atoms with E-state index >= 15 is 0 Å². The van der Waals surface area contributed by atoms with Crippen LogP contribution in [0.15, 0.2) is 103 Å². The number of hydrogen-bond donors (Lipinski definition) is 1. The molecule has 0 saturated carbocycles. The summed E-state index contributed by atoms with van der Waals surface area (Å²) in [6.45, 7) is 2.85. The highest BCUT2D eigenvalue weighted by Gasteiger charge is 2.28. The maximum Gasteiger partial charge on any atom is 0.142 e. The second-order valence-corrected chi connectivity index (χ2v) is 11.3. The molecule has 1 aliphatic carbocycles. The summed E-state index contributed by atoms with van der Waals surface area (Å²) in [4.78, 5) is 4.15. The molecule has 44 heavy (non-hydrogen) atoms. The molecule has 1 heterocycles. The van der Waals surface area contributed by atoms with E-state index in [4.69, 9.17) is 21.1 Å². The first-order valence-electron chi connectivity index (χ1n) is 14.6. The summed E-state index contributed by atoms with van der Waals surface area (Å²) in [5.74, 6) is 0.897. The van der Waals surface area contributed by atoms with Crippen LogP contribution in [0.5, 0.6) is 11.5 Å². The first kappa shape index (κ1) is 29.4. The van der Waals surface area contributed by atoms with E-state index < -0.39 is 0 Å². The van der Waals surface area contributed by atoms with Gasteiger partial charge in [-0.1, -0.05) is 78.3 Å². The molecule has 5 nitrogen and oxygen atoms in total. The van der Waals surface area contributed by atoms with Gasteiger partial charge in [-0.3, -0.25) is 4.98 Å². The minimum absolute atomic E-state index is 0.105. The van der Waals surface area contributed by atoms with Crippen LogP contribution < -0.4 is 14.8 Å². The van der Waals surface area contributed by atoms with E-state index in [2.05, 4.69) is 35.4 Å². The van der Waals surface area contributed by atoms with E-state index in [1.165, 1.54) is 17.8 Å². The molecular formula is C37H31ClFN3O2. The van der Waals surface area contributed by atoms with Crippen molar-refractivity contribution in [1.29, 1.82) is 5.26 Å². The van der Waals surface area contributed by atoms with Crippen LogP contribution in [-0.4, -0.2) is 4.98 Å². The Labute approximate surface area is 261 Å². The van der Waals surface area contributed by atoms with Crippen LogP contribution in [0.3, 0.4) is 0 Å². The molecule has 6 rings (SSSR count). The van der Waals surface area contributed by atoms with Crippen molar-refractivity contribution in [3.63, 3.8) is 0 Å². The highest BCUT2D eigenvalue weighted by molar-refractivity contribution is 6.32. The first-order valence-corrected chi connectivity index (χ1v) is 15.0. The minimum atomic E-state index is -0.239. The van der Waals surface area contributed by atoms with Crippen molar-refractivity contribution in [3.8, 4) is 28.7 Å². The zero-order valence-electron chi connectivity index (χ0n) is 24.3. The number of halogens is 2. The van der Waals surface area contributed by atoms with Crippen molar-refractivity contribution >= 4 is 11.6 Å². The average molecular weight is 604 g/mol. The number of rotatable bonds is 10. The first-order chi connectivity index (χ1) is 21.5. The molecule has 2 atom stereocenters. The molecule has 7 heteroatoms. The van der Waals surface area contributed by atoms with Crippen molar-refractivity contribution in [2.75, 3.05) is 0 Å². The van der Waals surface area contributed by atoms with Crippen LogP contribution in [0.4, 0.5) is 4.39 Å². The predicted molar refractivity (Wildman–Crippen MR) is 170 cm³/mol. The Morgan fingerprint density at radius 3 is 2.59 bits per heavy atom. The van der Waals surface area contributed by atoms with Gasteiger partial charge < -0.3 is 14.8 Å². The monoisotopic (exact) mass is 603 g/mol. The van der Waals surface area contributed by atoms with Gasteiger partial charge in [0.05, 0.1) is 10.6 Å². The molecule has 0 amide bonds. The Kier molecular flexibility index (Phi) is 8.88. The van der Waals surface area contributed by atoms with Gasteiger partial charge >= 0.3 is 0 Å². The Balaban J connectivity index is 1.27. The molecule has 0 fully saturated rings. The van der Waals surface area contributed by atoms with Gasteiger partial charge in [0.1, 0.15) is 36.1 Å². The van der Waals surface area contributed by atoms with Crippen LogP contribution in [0.2, 0.25) is 5.02 Å². The number of ether oxygens (including phenoxy) is 2. The van der Waals surface area contributed by atoms with E-state index in [0.717, 1.165) is 40.7 Å². The Morgan fingerprint density at radius 2 is 1.77 bits per heavy atom. The number of nitrogens with zero attached hydrogens (tertiary/aromatic N) is 2. The third kappa shape index (κ3) is 6.45. The fraction of sp³-hybridized carbons (Fsp3) is 0.189. The highest BCUT2D eigenvalue weighted by atomic mass is 35.5. The van der Waals surface area contributed by atoms with Crippen LogP contribution in [0.25, 0.3) is 11.1 Å². The molecule has 0 aliphatic heterocycles. The Bertz CT molecular complexity index is 1820. The molecule has 0 spiro atoms. The maximum atomic E-state index is 14.7. The summed E-state index contributed by atoms with van der Waals surface area (Å²) < 4.78 is 27.5. The summed E-state index contributed by atoms with van der Waals surface area (Å²) in [5.41, 5.74) is 6.92. The average Bonchev–Trinajstić information content (AvgIpc) is 3.47. The number of hydrogen-bond acceptors (Lipinski definition) is 5. The van der Waals surface area contributed by atoms with Gasteiger partial charge in [0.25, 0.3) is 0 Å². The predicted octanol–water partition coefficient (Wildman–Crippen LogP) is 8.91. The smallest absolute Gasteiger partial charge is 0.142 e. The molecular weight excluding hydrogens is 573 g/mol. The number of aromatic nitrogens is 1. The maximum absolute atomic E-state index is 14.7.